The van der Waals surface area contributed by atoms with Crippen LogP contribution in [0.5, 0.6) is 17.2 Å². The Morgan fingerprint density at radius 3 is 2.36 bits per heavy atom. The number of hydrogen-bond acceptors (Lipinski definition) is 6. The Labute approximate surface area is 164 Å². The van der Waals surface area contributed by atoms with E-state index in [0.29, 0.717) is 11.3 Å². The Bertz CT molecular complexity index is 1000. The maximum absolute atomic E-state index is 12.8. The van der Waals surface area contributed by atoms with Gasteiger partial charge < -0.3 is 14.6 Å². The van der Waals surface area contributed by atoms with Crippen molar-refractivity contribution in [3.63, 3.8) is 0 Å². The van der Waals surface area contributed by atoms with Crippen LogP contribution in [0.25, 0.3) is 6.08 Å². The van der Waals surface area contributed by atoms with Gasteiger partial charge in [0.15, 0.2) is 11.5 Å². The van der Waals surface area contributed by atoms with Crippen molar-refractivity contribution in [2.75, 3.05) is 19.1 Å². The van der Waals surface area contributed by atoms with Gasteiger partial charge in [-0.15, -0.1) is 0 Å². The van der Waals surface area contributed by atoms with Crippen LogP contribution in [-0.4, -0.2) is 37.2 Å². The number of benzene rings is 2. The minimum absolute atomic E-state index is 0.0158. The van der Waals surface area contributed by atoms with Crippen LogP contribution in [0.2, 0.25) is 5.02 Å². The highest BCUT2D eigenvalue weighted by atomic mass is 35.5. The van der Waals surface area contributed by atoms with E-state index < -0.39 is 17.8 Å². The van der Waals surface area contributed by atoms with Crippen molar-refractivity contribution < 1.29 is 29.0 Å². The molecule has 4 amide bonds. The van der Waals surface area contributed by atoms with E-state index in [1.54, 1.807) is 12.1 Å². The van der Waals surface area contributed by atoms with Crippen molar-refractivity contribution >= 4 is 41.2 Å². The number of aromatic hydroxyl groups is 1. The number of halogens is 1. The molecule has 0 unspecified atom stereocenters. The van der Waals surface area contributed by atoms with E-state index in [2.05, 4.69) is 5.32 Å². The zero-order chi connectivity index (χ0) is 20.4. The average Bonchev–Trinajstić information content (AvgIpc) is 2.68. The molecular weight excluding hydrogens is 388 g/mol. The second kappa shape index (κ2) is 7.61. The summed E-state index contributed by atoms with van der Waals surface area (Å²) in [5.41, 5.74) is 0.324. The lowest BCUT2D eigenvalue weighted by atomic mass is 10.1. The van der Waals surface area contributed by atoms with Crippen molar-refractivity contribution in [3.05, 3.63) is 52.6 Å². The van der Waals surface area contributed by atoms with E-state index in [1.165, 1.54) is 44.6 Å². The molecule has 9 heteroatoms. The number of barbiturate groups is 1. The van der Waals surface area contributed by atoms with Crippen LogP contribution in [0.4, 0.5) is 10.5 Å². The number of methoxy groups -OCH3 is 2. The van der Waals surface area contributed by atoms with Crippen LogP contribution in [0, 0.1) is 0 Å². The second-order valence-electron chi connectivity index (χ2n) is 5.71. The smallest absolute Gasteiger partial charge is 0.335 e. The monoisotopic (exact) mass is 402 g/mol. The lowest BCUT2D eigenvalue weighted by Crippen LogP contribution is -2.54. The van der Waals surface area contributed by atoms with Crippen molar-refractivity contribution in [2.45, 2.75) is 0 Å². The first-order valence-corrected chi connectivity index (χ1v) is 8.35. The molecule has 0 saturated carbocycles. The summed E-state index contributed by atoms with van der Waals surface area (Å²) in [4.78, 5) is 38.1. The summed E-state index contributed by atoms with van der Waals surface area (Å²) in [6, 6.07) is 8.11. The Kier molecular flexibility index (Phi) is 5.23. The largest absolute Gasteiger partial charge is 0.503 e. The number of carbonyl (C=O) groups is 3. The third-order valence-corrected chi connectivity index (χ3v) is 4.30. The Morgan fingerprint density at radius 2 is 1.75 bits per heavy atom. The molecule has 1 aliphatic heterocycles. The van der Waals surface area contributed by atoms with Gasteiger partial charge in [0.1, 0.15) is 11.3 Å². The number of urea groups is 1. The number of nitrogens with one attached hydrogen (secondary N) is 1. The number of phenols is 1. The van der Waals surface area contributed by atoms with E-state index in [0.717, 1.165) is 4.90 Å². The highest BCUT2D eigenvalue weighted by Gasteiger charge is 2.36. The summed E-state index contributed by atoms with van der Waals surface area (Å²) in [6.07, 6.45) is 1.26. The number of imide groups is 2. The summed E-state index contributed by atoms with van der Waals surface area (Å²) >= 11 is 5.94. The molecule has 2 aromatic carbocycles. The molecule has 0 atom stereocenters. The van der Waals surface area contributed by atoms with Gasteiger partial charge in [0.05, 0.1) is 24.9 Å². The number of rotatable bonds is 4. The summed E-state index contributed by atoms with van der Waals surface area (Å²) < 4.78 is 10.1. The van der Waals surface area contributed by atoms with Crippen LogP contribution in [0.1, 0.15) is 5.56 Å². The van der Waals surface area contributed by atoms with E-state index in [1.807, 2.05) is 0 Å². The molecule has 0 bridgehead atoms. The molecule has 2 N–H and O–H groups in total. The van der Waals surface area contributed by atoms with Crippen molar-refractivity contribution in [3.8, 4) is 17.2 Å². The van der Waals surface area contributed by atoms with E-state index in [4.69, 9.17) is 21.1 Å². The molecule has 1 fully saturated rings. The number of nitrogens with zero attached hydrogens (tertiary/aromatic N) is 1. The molecular formula is C19H15ClN2O6. The predicted octanol–water partition coefficient (Wildman–Crippen LogP) is 2.73. The van der Waals surface area contributed by atoms with Crippen LogP contribution >= 0.6 is 11.6 Å². The van der Waals surface area contributed by atoms with Gasteiger partial charge >= 0.3 is 6.03 Å². The van der Waals surface area contributed by atoms with Crippen LogP contribution in [0.3, 0.4) is 0 Å². The fraction of sp³-hybridized carbons (Fsp3) is 0.105. The fourth-order valence-electron chi connectivity index (χ4n) is 2.62. The maximum atomic E-state index is 12.8. The highest BCUT2D eigenvalue weighted by molar-refractivity contribution is 6.39. The highest BCUT2D eigenvalue weighted by Crippen LogP contribution is 2.36. The average molecular weight is 403 g/mol. The van der Waals surface area contributed by atoms with Crippen LogP contribution in [-0.2, 0) is 9.59 Å². The first-order valence-electron chi connectivity index (χ1n) is 7.97. The third kappa shape index (κ3) is 3.49. The van der Waals surface area contributed by atoms with Gasteiger partial charge in [0, 0.05) is 0 Å². The molecule has 0 radical (unpaired) electrons. The fourth-order valence-corrected chi connectivity index (χ4v) is 2.84. The number of phenolic OH excluding ortho intramolecular Hbond substituents is 1. The molecule has 0 aliphatic carbocycles. The number of amides is 4. The first-order chi connectivity index (χ1) is 13.3. The summed E-state index contributed by atoms with van der Waals surface area (Å²) in [5.74, 6) is -1.29. The first kappa shape index (κ1) is 19.2. The maximum Gasteiger partial charge on any atom is 0.335 e. The topological polar surface area (TPSA) is 105 Å². The van der Waals surface area contributed by atoms with E-state index >= 15 is 0 Å². The molecule has 2 aromatic rings. The molecule has 1 saturated heterocycles. The number of ether oxygens (including phenoxy) is 2. The van der Waals surface area contributed by atoms with Crippen molar-refractivity contribution in [1.29, 1.82) is 0 Å². The molecule has 1 aliphatic rings. The van der Waals surface area contributed by atoms with Crippen molar-refractivity contribution in [2.24, 2.45) is 0 Å². The Hall–Kier alpha value is -3.52. The molecule has 144 valence electrons. The zero-order valence-electron chi connectivity index (χ0n) is 14.9. The molecule has 28 heavy (non-hydrogen) atoms. The SMILES string of the molecule is COc1ccc(N2C(=O)NC(=O)C(=Cc3cc(Cl)c(O)c(OC)c3)C2=O)cc1. The second-order valence-corrected chi connectivity index (χ2v) is 6.12. The minimum Gasteiger partial charge on any atom is -0.503 e. The zero-order valence-corrected chi connectivity index (χ0v) is 15.6. The van der Waals surface area contributed by atoms with Gasteiger partial charge in [-0.25, -0.2) is 9.69 Å². The minimum atomic E-state index is -0.862. The summed E-state index contributed by atoms with van der Waals surface area (Å²) in [6.45, 7) is 0. The van der Waals surface area contributed by atoms with Gasteiger partial charge in [0.25, 0.3) is 11.8 Å². The van der Waals surface area contributed by atoms with Crippen LogP contribution in [0.15, 0.2) is 42.0 Å². The van der Waals surface area contributed by atoms with Crippen molar-refractivity contribution in [1.82, 2.24) is 5.32 Å². The number of carbonyl (C=O) groups excluding carboxylic acids is 3. The number of anilines is 1. The third-order valence-electron chi connectivity index (χ3n) is 4.01. The summed E-state index contributed by atoms with van der Waals surface area (Å²) in [7, 11) is 2.83. The molecule has 3 rings (SSSR count). The quantitative estimate of drug-likeness (QED) is 0.601. The number of hydrogen-bond donors (Lipinski definition) is 2. The predicted molar refractivity (Wildman–Crippen MR) is 102 cm³/mol. The molecule has 1 heterocycles. The Balaban J connectivity index is 2.02. The summed E-state index contributed by atoms with van der Waals surface area (Å²) in [5, 5.41) is 11.9. The van der Waals surface area contributed by atoms with Gasteiger partial charge in [-0.05, 0) is 48.0 Å². The Morgan fingerprint density at radius 1 is 1.07 bits per heavy atom. The van der Waals surface area contributed by atoms with E-state index in [-0.39, 0.29) is 27.8 Å². The molecule has 0 spiro atoms. The lowest BCUT2D eigenvalue weighted by molar-refractivity contribution is -0.122. The van der Waals surface area contributed by atoms with E-state index in [9.17, 15) is 19.5 Å². The van der Waals surface area contributed by atoms with Gasteiger partial charge in [0.2, 0.25) is 0 Å². The lowest BCUT2D eigenvalue weighted by Gasteiger charge is -2.26. The standard InChI is InChI=1S/C19H15ClN2O6/c1-27-12-5-3-11(4-6-12)22-18(25)13(17(24)21-19(22)26)7-10-8-14(20)16(23)15(9-10)28-2/h3-9,23H,1-2H3,(H,21,24,26). The van der Waals surface area contributed by atoms with Gasteiger partial charge in [-0.1, -0.05) is 11.6 Å². The van der Waals surface area contributed by atoms with Crippen LogP contribution < -0.4 is 19.7 Å². The molecule has 0 aromatic heterocycles. The van der Waals surface area contributed by atoms with Gasteiger partial charge in [-0.3, -0.25) is 14.9 Å². The van der Waals surface area contributed by atoms with Gasteiger partial charge in [-0.2, -0.15) is 0 Å². The molecule has 8 nitrogen and oxygen atoms in total. The normalized spacial score (nSPS) is 15.6.